The van der Waals surface area contributed by atoms with Gasteiger partial charge in [-0.2, -0.15) is 0 Å². The van der Waals surface area contributed by atoms with Gasteiger partial charge in [-0.3, -0.25) is 14.5 Å². The molecule has 0 saturated carbocycles. The van der Waals surface area contributed by atoms with Crippen molar-refractivity contribution in [1.82, 2.24) is 9.47 Å². The summed E-state index contributed by atoms with van der Waals surface area (Å²) in [6.07, 6.45) is 1.21. The van der Waals surface area contributed by atoms with Crippen LogP contribution in [0.2, 0.25) is 0 Å². The lowest BCUT2D eigenvalue weighted by molar-refractivity contribution is 0.0660. The van der Waals surface area contributed by atoms with Gasteiger partial charge in [0.1, 0.15) is 17.1 Å². The van der Waals surface area contributed by atoms with Crippen LogP contribution in [0.1, 0.15) is 33.7 Å². The molecule has 36 heavy (non-hydrogen) atoms. The van der Waals surface area contributed by atoms with Crippen molar-refractivity contribution in [3.8, 4) is 5.75 Å². The van der Waals surface area contributed by atoms with Crippen LogP contribution in [-0.2, 0) is 7.05 Å². The molecule has 0 radical (unpaired) electrons. The Morgan fingerprint density at radius 2 is 1.64 bits per heavy atom. The van der Waals surface area contributed by atoms with Crippen molar-refractivity contribution < 1.29 is 14.3 Å². The third kappa shape index (κ3) is 3.42. The number of benzene rings is 3. The second kappa shape index (κ2) is 8.45. The number of rotatable bonds is 3. The van der Waals surface area contributed by atoms with Crippen molar-refractivity contribution in [2.45, 2.75) is 18.5 Å². The van der Waals surface area contributed by atoms with Gasteiger partial charge < -0.3 is 19.5 Å². The van der Waals surface area contributed by atoms with Crippen LogP contribution in [0.15, 0.2) is 78.9 Å². The van der Waals surface area contributed by atoms with Crippen LogP contribution < -0.4 is 15.0 Å². The average Bonchev–Trinajstić information content (AvgIpc) is 3.25. The summed E-state index contributed by atoms with van der Waals surface area (Å²) < 4.78 is 7.29. The molecule has 0 atom stereocenters. The van der Waals surface area contributed by atoms with Crippen molar-refractivity contribution in [2.24, 2.45) is 7.05 Å². The zero-order chi connectivity index (χ0) is 24.9. The topological polar surface area (TPSA) is 66.8 Å². The van der Waals surface area contributed by atoms with E-state index in [1.54, 1.807) is 7.11 Å². The Hall–Kier alpha value is -4.26. The molecule has 0 aliphatic carbocycles. The number of anilines is 2. The van der Waals surface area contributed by atoms with E-state index >= 15 is 0 Å². The molecule has 1 aromatic heterocycles. The molecular formula is C29H28N4O3. The number of piperidine rings is 1. The Bertz CT molecular complexity index is 1470. The summed E-state index contributed by atoms with van der Waals surface area (Å²) >= 11 is 0. The number of hydrogen-bond donors (Lipinski definition) is 1. The van der Waals surface area contributed by atoms with Gasteiger partial charge in [0.2, 0.25) is 0 Å². The Morgan fingerprint density at radius 1 is 0.944 bits per heavy atom. The standard InChI is InChI=1S/C29H28N4O3/c1-31-25-10-6-3-7-20(25)19-26(31)28(35)32-17-15-29(16-18-32)30-24-9-5-4-8-23(24)27(34)33(29)21-11-13-22(36-2)14-12-21/h3-14,19,30H,15-18H2,1-2H3. The first-order valence-corrected chi connectivity index (χ1v) is 12.2. The number of carbonyl (C=O) groups excluding carboxylic acids is 2. The second-order valence-corrected chi connectivity index (χ2v) is 9.48. The molecule has 2 amide bonds. The van der Waals surface area contributed by atoms with Gasteiger partial charge in [-0.15, -0.1) is 0 Å². The molecule has 4 aromatic rings. The maximum atomic E-state index is 13.8. The highest BCUT2D eigenvalue weighted by Crippen LogP contribution is 2.41. The monoisotopic (exact) mass is 480 g/mol. The van der Waals surface area contributed by atoms with Crippen molar-refractivity contribution in [1.29, 1.82) is 0 Å². The number of nitrogens with zero attached hydrogens (tertiary/aromatic N) is 3. The molecule has 2 aliphatic rings. The summed E-state index contributed by atoms with van der Waals surface area (Å²) in [6, 6.07) is 25.2. The number of nitrogens with one attached hydrogen (secondary N) is 1. The maximum absolute atomic E-state index is 13.8. The Kier molecular flexibility index (Phi) is 5.21. The van der Waals surface area contributed by atoms with Gasteiger partial charge in [-0.05, 0) is 48.5 Å². The molecular weight excluding hydrogens is 452 g/mol. The Morgan fingerprint density at radius 3 is 2.36 bits per heavy atom. The highest BCUT2D eigenvalue weighted by atomic mass is 16.5. The molecule has 7 heteroatoms. The first-order valence-electron chi connectivity index (χ1n) is 12.2. The van der Waals surface area contributed by atoms with E-state index in [0.29, 0.717) is 37.2 Å². The normalized spacial score (nSPS) is 16.7. The number of carbonyl (C=O) groups is 2. The third-order valence-electron chi connectivity index (χ3n) is 7.54. The van der Waals surface area contributed by atoms with Crippen LogP contribution in [0.4, 0.5) is 11.4 Å². The summed E-state index contributed by atoms with van der Waals surface area (Å²) in [5, 5.41) is 4.74. The predicted octanol–water partition coefficient (Wildman–Crippen LogP) is 4.89. The number of ether oxygens (including phenoxy) is 1. The lowest BCUT2D eigenvalue weighted by Crippen LogP contribution is -2.65. The number of fused-ring (bicyclic) bond motifs is 2. The number of hydrogen-bond acceptors (Lipinski definition) is 4. The first-order chi connectivity index (χ1) is 17.5. The molecule has 3 aromatic carbocycles. The number of amides is 2. The van der Waals surface area contributed by atoms with Gasteiger partial charge in [0.15, 0.2) is 0 Å². The van der Waals surface area contributed by atoms with Crippen LogP contribution in [0.3, 0.4) is 0 Å². The van der Waals surface area contributed by atoms with Crippen LogP contribution in [0.25, 0.3) is 10.9 Å². The minimum Gasteiger partial charge on any atom is -0.497 e. The van der Waals surface area contributed by atoms with Crippen LogP contribution >= 0.6 is 0 Å². The fourth-order valence-electron chi connectivity index (χ4n) is 5.58. The van der Waals surface area contributed by atoms with Gasteiger partial charge in [0.05, 0.1) is 12.7 Å². The molecule has 1 spiro atoms. The van der Waals surface area contributed by atoms with Gasteiger partial charge in [-0.1, -0.05) is 30.3 Å². The molecule has 1 N–H and O–H groups in total. The zero-order valence-electron chi connectivity index (χ0n) is 20.4. The van der Waals surface area contributed by atoms with Gasteiger partial charge in [0, 0.05) is 55.3 Å². The van der Waals surface area contributed by atoms with Gasteiger partial charge in [-0.25, -0.2) is 0 Å². The van der Waals surface area contributed by atoms with E-state index in [1.807, 2.05) is 100 Å². The van der Waals surface area contributed by atoms with Gasteiger partial charge >= 0.3 is 0 Å². The minimum absolute atomic E-state index is 0.0158. The number of aromatic nitrogens is 1. The summed E-state index contributed by atoms with van der Waals surface area (Å²) in [4.78, 5) is 31.1. The lowest BCUT2D eigenvalue weighted by Gasteiger charge is -2.52. The quantitative estimate of drug-likeness (QED) is 0.453. The van der Waals surface area contributed by atoms with E-state index in [2.05, 4.69) is 5.32 Å². The van der Waals surface area contributed by atoms with Crippen molar-refractivity contribution in [3.63, 3.8) is 0 Å². The van der Waals surface area contributed by atoms with E-state index in [1.165, 1.54) is 0 Å². The van der Waals surface area contributed by atoms with Gasteiger partial charge in [0.25, 0.3) is 11.8 Å². The van der Waals surface area contributed by atoms with E-state index in [0.717, 1.165) is 28.0 Å². The van der Waals surface area contributed by atoms with E-state index in [9.17, 15) is 9.59 Å². The fraction of sp³-hybridized carbons (Fsp3) is 0.241. The predicted molar refractivity (Wildman–Crippen MR) is 141 cm³/mol. The molecule has 0 bridgehead atoms. The molecule has 182 valence electrons. The van der Waals surface area contributed by atoms with Crippen LogP contribution in [0.5, 0.6) is 5.75 Å². The van der Waals surface area contributed by atoms with Crippen molar-refractivity contribution in [2.75, 3.05) is 30.4 Å². The smallest absolute Gasteiger partial charge is 0.270 e. The number of aryl methyl sites for hydroxylation is 1. The van der Waals surface area contributed by atoms with E-state index in [4.69, 9.17) is 4.74 Å². The summed E-state index contributed by atoms with van der Waals surface area (Å²) in [6.45, 7) is 1.07. The van der Waals surface area contributed by atoms with Crippen LogP contribution in [0, 0.1) is 0 Å². The minimum atomic E-state index is -0.629. The molecule has 7 nitrogen and oxygen atoms in total. The summed E-state index contributed by atoms with van der Waals surface area (Å²) in [5.41, 5.74) is 3.37. The lowest BCUT2D eigenvalue weighted by atomic mass is 9.89. The molecule has 1 fully saturated rings. The summed E-state index contributed by atoms with van der Waals surface area (Å²) in [7, 11) is 3.56. The Balaban J connectivity index is 1.32. The highest BCUT2D eigenvalue weighted by Gasteiger charge is 2.48. The zero-order valence-corrected chi connectivity index (χ0v) is 20.4. The third-order valence-corrected chi connectivity index (χ3v) is 7.54. The first kappa shape index (κ1) is 22.2. The molecule has 2 aliphatic heterocycles. The number of methoxy groups -OCH3 is 1. The van der Waals surface area contributed by atoms with E-state index in [-0.39, 0.29) is 11.8 Å². The fourth-order valence-corrected chi connectivity index (χ4v) is 5.58. The Labute approximate surface area is 209 Å². The maximum Gasteiger partial charge on any atom is 0.270 e. The van der Waals surface area contributed by atoms with Crippen molar-refractivity contribution >= 4 is 34.1 Å². The van der Waals surface area contributed by atoms with Crippen LogP contribution in [-0.4, -0.2) is 47.1 Å². The molecule has 3 heterocycles. The summed E-state index contributed by atoms with van der Waals surface area (Å²) in [5.74, 6) is 0.714. The number of likely N-dealkylation sites (tertiary alicyclic amines) is 1. The largest absolute Gasteiger partial charge is 0.497 e. The number of para-hydroxylation sites is 2. The molecule has 6 rings (SSSR count). The van der Waals surface area contributed by atoms with E-state index < -0.39 is 5.66 Å². The van der Waals surface area contributed by atoms with Crippen molar-refractivity contribution in [3.05, 3.63) is 90.1 Å². The molecule has 1 saturated heterocycles. The second-order valence-electron chi connectivity index (χ2n) is 9.48. The average molecular weight is 481 g/mol. The highest BCUT2D eigenvalue weighted by molar-refractivity contribution is 6.13. The molecule has 0 unspecified atom stereocenters. The SMILES string of the molecule is COc1ccc(N2C(=O)c3ccccc3NC23CCN(C(=O)c2cc4ccccc4n2C)CC3)cc1.